The number of aromatic nitrogens is 6. The van der Waals surface area contributed by atoms with Crippen LogP contribution in [0.5, 0.6) is 0 Å². The molecule has 0 bridgehead atoms. The number of unbranched alkanes of at least 4 members (excludes halogenated alkanes) is 1. The summed E-state index contributed by atoms with van der Waals surface area (Å²) in [5, 5.41) is 17.0. The summed E-state index contributed by atoms with van der Waals surface area (Å²) in [4.78, 5) is 71.6. The van der Waals surface area contributed by atoms with E-state index in [-0.39, 0.29) is 29.2 Å². The molecule has 26 heteroatoms. The second kappa shape index (κ2) is 19.5. The first-order valence-electron chi connectivity index (χ1n) is 17.6. The monoisotopic (exact) mass is 863 g/mol. The minimum atomic E-state index is -5.14. The standard InChI is InChI=1S/C31H47N9O14P2S/c1-4-5-6-9-34-18(8-11-57-17(2)3)30(42)53-26-21(52-29(25(26)41)40-16-37-24-27(33)35-15-36-28(24)40)14-50-56(47,48)54-19-12-23(39-10-7-22(32)38-31(39)43)51-20(19)13-49-55(44,45)46/h4,7,10-11,15-21,23,25-26,29,34,41,57H,1,5-6,8-9,12-14H2,2-3H3,(H,47,48)(H2,32,38,43)(H2,33,35,36)(H2,44,45,46)/t18?,19-,20+,21-,23+,25+,26+,29+/m0/s1. The van der Waals surface area contributed by atoms with E-state index in [0.29, 0.717) is 31.1 Å². The van der Waals surface area contributed by atoms with Gasteiger partial charge in [-0.05, 0) is 37.1 Å². The van der Waals surface area contributed by atoms with Crippen LogP contribution in [0.2, 0.25) is 0 Å². The highest BCUT2D eigenvalue weighted by Crippen LogP contribution is 2.50. The van der Waals surface area contributed by atoms with Crippen LogP contribution in [0.15, 0.2) is 42.4 Å². The van der Waals surface area contributed by atoms with E-state index in [1.54, 1.807) is 6.08 Å². The molecule has 2 unspecified atom stereocenters. The molecule has 0 radical (unpaired) electrons. The van der Waals surface area contributed by atoms with Gasteiger partial charge in [0, 0.05) is 12.6 Å². The number of aliphatic hydroxyl groups excluding tert-OH is 1. The molecule has 2 saturated heterocycles. The number of allylic oxidation sites excluding steroid dienone is 1. The Morgan fingerprint density at radius 2 is 1.89 bits per heavy atom. The number of nitrogens with two attached hydrogens (primary N) is 2. The van der Waals surface area contributed by atoms with Gasteiger partial charge in [0.15, 0.2) is 23.8 Å². The summed E-state index contributed by atoms with van der Waals surface area (Å²) in [6.45, 7) is 6.61. The number of rotatable bonds is 20. The maximum Gasteiger partial charge on any atom is 0.472 e. The number of carbonyl (C=O) groups is 1. The summed E-state index contributed by atoms with van der Waals surface area (Å²) < 4.78 is 60.3. The van der Waals surface area contributed by atoms with Gasteiger partial charge < -0.3 is 50.8 Å². The van der Waals surface area contributed by atoms with E-state index >= 15 is 0 Å². The third kappa shape index (κ3) is 12.0. The van der Waals surface area contributed by atoms with Gasteiger partial charge in [0.05, 0.1) is 19.5 Å². The van der Waals surface area contributed by atoms with Gasteiger partial charge in [0.25, 0.3) is 0 Å². The van der Waals surface area contributed by atoms with Crippen molar-refractivity contribution in [2.45, 2.75) is 93.8 Å². The molecule has 2 fully saturated rings. The normalized spacial score (nSPS) is 25.8. The smallest absolute Gasteiger partial charge is 0.455 e. The first kappa shape index (κ1) is 44.6. The lowest BCUT2D eigenvalue weighted by molar-refractivity contribution is -0.158. The summed E-state index contributed by atoms with van der Waals surface area (Å²) in [6, 6.07) is 0.473. The van der Waals surface area contributed by atoms with Crippen molar-refractivity contribution in [2.24, 2.45) is 0 Å². The van der Waals surface area contributed by atoms with Gasteiger partial charge >= 0.3 is 27.3 Å². The van der Waals surface area contributed by atoms with Gasteiger partial charge in [-0.2, -0.15) is 4.98 Å². The number of phosphoric ester groups is 2. The zero-order chi connectivity index (χ0) is 41.5. The predicted molar refractivity (Wildman–Crippen MR) is 206 cm³/mol. The SMILES string of the molecule is C=CCCCNC(CC=[SH]C(C)C)C(=O)O[C@H]1[C@@H](O)[C@H](n2cnc3c(N)ncnc32)O[C@H]1COP(=O)(O)O[C@H]1C[C@H](n2ccc(N)nc2=O)O[C@@H]1COP(=O)(O)O. The number of aliphatic hydroxyl groups is 1. The van der Waals surface area contributed by atoms with Gasteiger partial charge in [-0.25, -0.2) is 40.2 Å². The molecule has 316 valence electrons. The number of imidazole rings is 1. The van der Waals surface area contributed by atoms with Crippen LogP contribution >= 0.6 is 27.0 Å². The maximum absolute atomic E-state index is 13.7. The van der Waals surface area contributed by atoms with Crippen molar-refractivity contribution in [1.82, 2.24) is 34.4 Å². The zero-order valence-corrected chi connectivity index (χ0v) is 33.6. The summed E-state index contributed by atoms with van der Waals surface area (Å²) in [5.41, 5.74) is 11.1. The molecule has 2 aliphatic heterocycles. The second-order valence-electron chi connectivity index (χ2n) is 13.2. The van der Waals surface area contributed by atoms with Crippen LogP contribution in [0, 0.1) is 0 Å². The van der Waals surface area contributed by atoms with Gasteiger partial charge in [-0.1, -0.05) is 25.3 Å². The Bertz CT molecular complexity index is 2050. The quantitative estimate of drug-likeness (QED) is 0.0189. The largest absolute Gasteiger partial charge is 0.472 e. The van der Waals surface area contributed by atoms with Crippen molar-refractivity contribution in [3.05, 3.63) is 48.1 Å². The zero-order valence-electron chi connectivity index (χ0n) is 30.9. The number of thiol groups is 1. The number of anilines is 2. The van der Waals surface area contributed by atoms with Crippen LogP contribution < -0.4 is 22.5 Å². The summed E-state index contributed by atoms with van der Waals surface area (Å²) in [5.74, 6) is -0.766. The topological polar surface area (TPSA) is 330 Å². The Morgan fingerprint density at radius 3 is 2.60 bits per heavy atom. The number of hydrogen-bond acceptors (Lipinski definition) is 18. The second-order valence-corrected chi connectivity index (χ2v) is 17.6. The van der Waals surface area contributed by atoms with Gasteiger partial charge in [-0.3, -0.25) is 27.5 Å². The number of carbonyl (C=O) groups excluding carboxylic acids is 1. The van der Waals surface area contributed by atoms with E-state index in [1.807, 2.05) is 19.2 Å². The summed E-state index contributed by atoms with van der Waals surface area (Å²) in [6.07, 6.45) is -2.94. The fourth-order valence-corrected chi connectivity index (χ4v) is 8.04. The van der Waals surface area contributed by atoms with E-state index in [9.17, 15) is 38.5 Å². The lowest BCUT2D eigenvalue weighted by Crippen LogP contribution is -2.45. The third-order valence-electron chi connectivity index (χ3n) is 8.65. The van der Waals surface area contributed by atoms with Crippen molar-refractivity contribution >= 4 is 61.1 Å². The molecule has 23 nitrogen and oxygen atoms in total. The number of nitrogens with one attached hydrogen (secondary N) is 1. The van der Waals surface area contributed by atoms with Crippen molar-refractivity contribution in [3.8, 4) is 0 Å². The molecule has 5 heterocycles. The number of phosphoric acid groups is 2. The number of esters is 1. The Labute approximate surface area is 329 Å². The molecule has 3 aromatic rings. The molecule has 0 amide bonds. The number of nitrogens with zero attached hydrogens (tertiary/aromatic N) is 6. The molecule has 2 aliphatic rings. The van der Waals surface area contributed by atoms with Gasteiger partial charge in [0.1, 0.15) is 54.3 Å². The van der Waals surface area contributed by atoms with Crippen LogP contribution in [0.25, 0.3) is 11.2 Å². The van der Waals surface area contributed by atoms with Crippen LogP contribution in [0.3, 0.4) is 0 Å². The Kier molecular flexibility index (Phi) is 15.3. The van der Waals surface area contributed by atoms with Crippen molar-refractivity contribution in [3.63, 3.8) is 0 Å². The Balaban J connectivity index is 1.36. The number of nitrogen functional groups attached to an aromatic ring is 2. The number of ether oxygens (including phenoxy) is 3. The molecule has 9 N–H and O–H groups in total. The molecule has 0 spiro atoms. The molecule has 0 saturated carbocycles. The van der Waals surface area contributed by atoms with E-state index < -0.39 is 89.5 Å². The highest BCUT2D eigenvalue weighted by Gasteiger charge is 2.50. The lowest BCUT2D eigenvalue weighted by Gasteiger charge is -2.25. The maximum atomic E-state index is 13.7. The fraction of sp³-hybridized carbons (Fsp3) is 0.581. The van der Waals surface area contributed by atoms with Gasteiger partial charge in [-0.15, -0.1) is 6.58 Å². The summed E-state index contributed by atoms with van der Waals surface area (Å²) >= 11 is 0.992. The highest BCUT2D eigenvalue weighted by atomic mass is 32.1. The van der Waals surface area contributed by atoms with E-state index in [1.165, 1.54) is 29.5 Å². The number of hydrogen-bond donors (Lipinski definition) is 8. The highest BCUT2D eigenvalue weighted by molar-refractivity contribution is 7.98. The minimum Gasteiger partial charge on any atom is -0.455 e. The van der Waals surface area contributed by atoms with E-state index in [2.05, 4.69) is 36.4 Å². The molecule has 3 aromatic heterocycles. The average molecular weight is 864 g/mol. The van der Waals surface area contributed by atoms with Crippen molar-refractivity contribution in [2.75, 3.05) is 31.2 Å². The predicted octanol–water partition coefficient (Wildman–Crippen LogP) is 0.307. The van der Waals surface area contributed by atoms with Crippen LogP contribution in [-0.4, -0.2) is 122 Å². The first-order valence-corrected chi connectivity index (χ1v) is 21.7. The first-order chi connectivity index (χ1) is 27.0. The number of fused-ring (bicyclic) bond motifs is 1. The molecule has 5 rings (SSSR count). The molecule has 57 heavy (non-hydrogen) atoms. The molecule has 9 atom stereocenters. The molecule has 0 aliphatic carbocycles. The average Bonchev–Trinajstić information content (AvgIpc) is 3.82. The van der Waals surface area contributed by atoms with Crippen LogP contribution in [0.1, 0.15) is 52.0 Å². The Hall–Kier alpha value is -3.48. The fourth-order valence-electron chi connectivity index (χ4n) is 5.98. The molecular formula is C31H47N9O14P2S. The van der Waals surface area contributed by atoms with Crippen LogP contribution in [0.4, 0.5) is 11.6 Å². The molecular weight excluding hydrogens is 816 g/mol. The van der Waals surface area contributed by atoms with Crippen molar-refractivity contribution < 1.29 is 61.5 Å². The lowest BCUT2D eigenvalue weighted by atomic mass is 10.1. The minimum absolute atomic E-state index is 0.0509. The molecule has 0 aromatic carbocycles. The van der Waals surface area contributed by atoms with Gasteiger partial charge in [0.2, 0.25) is 0 Å². The van der Waals surface area contributed by atoms with E-state index in [0.717, 1.165) is 15.9 Å². The summed E-state index contributed by atoms with van der Waals surface area (Å²) in [7, 11) is -10.2. The van der Waals surface area contributed by atoms with Crippen LogP contribution in [-0.2, 0) is 41.7 Å². The Morgan fingerprint density at radius 1 is 1.14 bits per heavy atom. The third-order valence-corrected chi connectivity index (χ3v) is 11.2. The van der Waals surface area contributed by atoms with Crippen molar-refractivity contribution in [1.29, 1.82) is 0 Å². The van der Waals surface area contributed by atoms with E-state index in [4.69, 9.17) is 34.7 Å².